The molecule has 0 bridgehead atoms. The molecule has 8 heteroatoms. The Hall–Kier alpha value is -3.75. The van der Waals surface area contributed by atoms with Gasteiger partial charge in [0.1, 0.15) is 11.6 Å². The fourth-order valence-electron chi connectivity index (χ4n) is 8.64. The number of benzene rings is 2. The number of anilines is 1. The van der Waals surface area contributed by atoms with Crippen LogP contribution in [-0.2, 0) is 19.1 Å². The van der Waals surface area contributed by atoms with Crippen LogP contribution in [0.5, 0.6) is 0 Å². The standard InChI is InChI=1S/C36H41N3O5/c1-2-35-20-12-22-37(26-16-8-4-9-17-26)32(41)29(35)30-33(42)39(28(24-40)25-14-6-3-7-15-25)31-34(43)38(27-18-10-5-11-19-27)23-13-21-36(30,31)44-35/h3-4,6-9,12-17,20-21,27-31,40H,2,5,10-11,18-19,22-24H2,1H3/t28-,29-,30+,31?,35+,36+/m1/s1. The van der Waals surface area contributed by atoms with Gasteiger partial charge in [0.05, 0.1) is 30.1 Å². The Morgan fingerprint density at radius 3 is 2.20 bits per heavy atom. The Morgan fingerprint density at radius 2 is 1.52 bits per heavy atom. The van der Waals surface area contributed by atoms with Crippen molar-refractivity contribution in [3.63, 3.8) is 0 Å². The molecule has 2 aromatic rings. The van der Waals surface area contributed by atoms with Crippen LogP contribution in [0.1, 0.15) is 57.1 Å². The first-order valence-corrected chi connectivity index (χ1v) is 16.2. The summed E-state index contributed by atoms with van der Waals surface area (Å²) in [5.41, 5.74) is -0.928. The lowest BCUT2D eigenvalue weighted by atomic mass is 9.73. The fraction of sp³-hybridized carbons (Fsp3) is 0.472. The molecule has 0 aromatic heterocycles. The summed E-state index contributed by atoms with van der Waals surface area (Å²) in [6, 6.07) is 17.2. The maximum atomic E-state index is 15.0. The molecule has 4 heterocycles. The molecule has 2 aromatic carbocycles. The number of fused-ring (bicyclic) bond motifs is 2. The summed E-state index contributed by atoms with van der Waals surface area (Å²) in [7, 11) is 0. The number of para-hydroxylation sites is 1. The van der Waals surface area contributed by atoms with E-state index < -0.39 is 35.1 Å². The van der Waals surface area contributed by atoms with Gasteiger partial charge in [-0.15, -0.1) is 0 Å². The van der Waals surface area contributed by atoms with Gasteiger partial charge in [0.15, 0.2) is 0 Å². The normalized spacial score (nSPS) is 32.7. The van der Waals surface area contributed by atoms with Crippen molar-refractivity contribution in [2.45, 2.75) is 74.8 Å². The highest BCUT2D eigenvalue weighted by molar-refractivity contribution is 6.04. The van der Waals surface area contributed by atoms with E-state index in [0.29, 0.717) is 19.5 Å². The second kappa shape index (κ2) is 11.3. The van der Waals surface area contributed by atoms with Crippen LogP contribution in [0.4, 0.5) is 5.69 Å². The molecule has 5 aliphatic rings. The van der Waals surface area contributed by atoms with E-state index in [-0.39, 0.29) is 30.4 Å². The summed E-state index contributed by atoms with van der Waals surface area (Å²) in [6.07, 6.45) is 13.4. The number of aliphatic hydroxyl groups excluding tert-OH is 1. The van der Waals surface area contributed by atoms with Crippen LogP contribution >= 0.6 is 0 Å². The molecule has 1 N–H and O–H groups in total. The Balaban J connectivity index is 1.39. The maximum absolute atomic E-state index is 15.0. The number of hydrogen-bond acceptors (Lipinski definition) is 5. The van der Waals surface area contributed by atoms with E-state index >= 15 is 4.79 Å². The lowest BCUT2D eigenvalue weighted by molar-refractivity contribution is -0.157. The highest BCUT2D eigenvalue weighted by Crippen LogP contribution is 2.60. The third-order valence-corrected chi connectivity index (χ3v) is 10.7. The van der Waals surface area contributed by atoms with E-state index in [1.54, 1.807) is 9.80 Å². The van der Waals surface area contributed by atoms with Crippen molar-refractivity contribution in [1.29, 1.82) is 0 Å². The molecule has 1 unspecified atom stereocenters. The van der Waals surface area contributed by atoms with Crippen LogP contribution in [0.25, 0.3) is 0 Å². The van der Waals surface area contributed by atoms with Crippen LogP contribution in [0, 0.1) is 11.8 Å². The average molecular weight is 596 g/mol. The smallest absolute Gasteiger partial charge is 0.249 e. The Bertz CT molecular complexity index is 1470. The van der Waals surface area contributed by atoms with Crippen molar-refractivity contribution in [3.8, 4) is 0 Å². The van der Waals surface area contributed by atoms with Crippen molar-refractivity contribution in [3.05, 3.63) is 90.5 Å². The van der Waals surface area contributed by atoms with E-state index in [9.17, 15) is 14.7 Å². The second-order valence-electron chi connectivity index (χ2n) is 12.8. The van der Waals surface area contributed by atoms with Gasteiger partial charge in [-0.25, -0.2) is 0 Å². The lowest BCUT2D eigenvalue weighted by Gasteiger charge is -2.42. The SMILES string of the molecule is CC[C@]12C=CCN(c3ccccc3)C(=O)[C@H]1[C@H]1C(=O)N([C@H](CO)c3ccccc3)C3C(=O)N(C4CCCCC4)CC=C[C@@]31O2. The van der Waals surface area contributed by atoms with Crippen LogP contribution < -0.4 is 4.90 Å². The number of aliphatic hydroxyl groups is 1. The minimum Gasteiger partial charge on any atom is -0.394 e. The van der Waals surface area contributed by atoms with Crippen molar-refractivity contribution >= 4 is 23.4 Å². The molecule has 3 fully saturated rings. The van der Waals surface area contributed by atoms with Gasteiger partial charge in [-0.05, 0) is 37.0 Å². The van der Waals surface area contributed by atoms with Gasteiger partial charge in [0, 0.05) is 24.8 Å². The van der Waals surface area contributed by atoms with E-state index in [1.807, 2.05) is 96.8 Å². The average Bonchev–Trinajstić information content (AvgIpc) is 3.35. The first kappa shape index (κ1) is 29.0. The van der Waals surface area contributed by atoms with Gasteiger partial charge in [0.25, 0.3) is 0 Å². The van der Waals surface area contributed by atoms with E-state index in [0.717, 1.165) is 43.4 Å². The highest BCUT2D eigenvalue weighted by Gasteiger charge is 2.76. The summed E-state index contributed by atoms with van der Waals surface area (Å²) < 4.78 is 7.16. The number of carbonyl (C=O) groups is 3. The molecular weight excluding hydrogens is 554 g/mol. The molecule has 7 rings (SSSR count). The summed E-state index contributed by atoms with van der Waals surface area (Å²) in [6.45, 7) is 2.41. The van der Waals surface area contributed by atoms with E-state index in [2.05, 4.69) is 0 Å². The molecule has 44 heavy (non-hydrogen) atoms. The van der Waals surface area contributed by atoms with Gasteiger partial charge in [-0.1, -0.05) is 99.0 Å². The van der Waals surface area contributed by atoms with Crippen LogP contribution in [0.2, 0.25) is 0 Å². The largest absolute Gasteiger partial charge is 0.394 e. The molecular formula is C36H41N3O5. The number of amides is 3. The number of likely N-dealkylation sites (tertiary alicyclic amines) is 1. The zero-order valence-electron chi connectivity index (χ0n) is 25.3. The topological polar surface area (TPSA) is 90.4 Å². The maximum Gasteiger partial charge on any atom is 0.249 e. The first-order valence-electron chi connectivity index (χ1n) is 16.2. The van der Waals surface area contributed by atoms with Gasteiger partial charge >= 0.3 is 0 Å². The molecule has 2 saturated heterocycles. The third-order valence-electron chi connectivity index (χ3n) is 10.7. The van der Waals surface area contributed by atoms with E-state index in [1.165, 1.54) is 0 Å². The molecule has 1 spiro atoms. The molecule has 8 nitrogen and oxygen atoms in total. The zero-order chi connectivity index (χ0) is 30.5. The van der Waals surface area contributed by atoms with Gasteiger partial charge in [-0.2, -0.15) is 0 Å². The second-order valence-corrected chi connectivity index (χ2v) is 12.8. The van der Waals surface area contributed by atoms with Crippen molar-refractivity contribution in [2.75, 3.05) is 24.6 Å². The predicted octanol–water partition coefficient (Wildman–Crippen LogP) is 4.42. The minimum atomic E-state index is -1.36. The Morgan fingerprint density at radius 1 is 0.841 bits per heavy atom. The number of ether oxygens (including phenoxy) is 1. The van der Waals surface area contributed by atoms with Crippen molar-refractivity contribution in [1.82, 2.24) is 9.80 Å². The molecule has 1 aliphatic carbocycles. The Labute approximate surface area is 259 Å². The lowest BCUT2D eigenvalue weighted by Crippen LogP contribution is -2.58. The summed E-state index contributed by atoms with van der Waals surface area (Å²) in [5.74, 6) is -2.45. The Kier molecular flexibility index (Phi) is 7.45. The predicted molar refractivity (Wildman–Crippen MR) is 166 cm³/mol. The van der Waals surface area contributed by atoms with Crippen molar-refractivity contribution in [2.24, 2.45) is 11.8 Å². The van der Waals surface area contributed by atoms with Gasteiger partial charge in [0.2, 0.25) is 17.7 Å². The number of carbonyl (C=O) groups excluding carboxylic acids is 3. The quantitative estimate of drug-likeness (QED) is 0.500. The first-order chi connectivity index (χ1) is 21.5. The molecule has 6 atom stereocenters. The molecule has 230 valence electrons. The molecule has 3 amide bonds. The number of nitrogens with zero attached hydrogens (tertiary/aromatic N) is 3. The van der Waals surface area contributed by atoms with Crippen LogP contribution in [0.3, 0.4) is 0 Å². The van der Waals surface area contributed by atoms with E-state index in [4.69, 9.17) is 4.74 Å². The summed E-state index contributed by atoms with van der Waals surface area (Å²) >= 11 is 0. The fourth-order valence-corrected chi connectivity index (χ4v) is 8.64. The van der Waals surface area contributed by atoms with Crippen LogP contribution in [0.15, 0.2) is 85.0 Å². The highest BCUT2D eigenvalue weighted by atomic mass is 16.5. The summed E-state index contributed by atoms with van der Waals surface area (Å²) in [5, 5.41) is 10.8. The number of hydrogen-bond donors (Lipinski definition) is 1. The molecule has 1 saturated carbocycles. The zero-order valence-corrected chi connectivity index (χ0v) is 25.3. The molecule has 0 radical (unpaired) electrons. The van der Waals surface area contributed by atoms with Crippen molar-refractivity contribution < 1.29 is 24.2 Å². The number of rotatable bonds is 6. The van der Waals surface area contributed by atoms with Gasteiger partial charge in [-0.3, -0.25) is 14.4 Å². The van der Waals surface area contributed by atoms with Gasteiger partial charge < -0.3 is 24.5 Å². The monoisotopic (exact) mass is 595 g/mol. The minimum absolute atomic E-state index is 0.0819. The third kappa shape index (κ3) is 4.29. The summed E-state index contributed by atoms with van der Waals surface area (Å²) in [4.78, 5) is 49.9. The molecule has 4 aliphatic heterocycles. The van der Waals surface area contributed by atoms with Crippen LogP contribution in [-0.4, -0.2) is 75.6 Å².